The van der Waals surface area contributed by atoms with Gasteiger partial charge in [-0.05, 0) is 42.5 Å². The van der Waals surface area contributed by atoms with Crippen LogP contribution in [0.3, 0.4) is 0 Å². The Morgan fingerprint density at radius 3 is 2.81 bits per heavy atom. The molecule has 0 aliphatic rings. The Morgan fingerprint density at radius 1 is 1.62 bits per heavy atom. The lowest BCUT2D eigenvalue weighted by atomic mass is 10.3. The normalized spacial score (nSPS) is 12.2. The number of hydrogen-bond acceptors (Lipinski definition) is 4. The maximum atomic E-state index is 8.91. The molecule has 0 fully saturated rings. The number of nitrogens with zero attached hydrogens (tertiary/aromatic N) is 3. The van der Waals surface area contributed by atoms with Crippen LogP contribution in [0.25, 0.3) is 0 Å². The summed E-state index contributed by atoms with van der Waals surface area (Å²) in [5, 5.41) is 8.91. The second kappa shape index (κ2) is 5.83. The van der Waals surface area contributed by atoms with Crippen molar-refractivity contribution in [3.63, 3.8) is 0 Å². The lowest BCUT2D eigenvalue weighted by molar-refractivity contribution is 0.0605. The first kappa shape index (κ1) is 12.9. The number of pyridine rings is 1. The molecule has 0 saturated carbocycles. The van der Waals surface area contributed by atoms with Crippen molar-refractivity contribution in [2.24, 2.45) is 0 Å². The van der Waals surface area contributed by atoms with Crippen molar-refractivity contribution in [2.75, 3.05) is 14.1 Å². The zero-order valence-electron chi connectivity index (χ0n) is 9.57. The molecule has 0 bridgehead atoms. The molecule has 1 heterocycles. The van der Waals surface area contributed by atoms with Crippen LogP contribution in [-0.2, 0) is 0 Å². The van der Waals surface area contributed by atoms with Gasteiger partial charge in [0.15, 0.2) is 17.7 Å². The average molecular weight is 284 g/mol. The summed E-state index contributed by atoms with van der Waals surface area (Å²) in [7, 11) is 3.87. The Labute approximate surface area is 104 Å². The maximum Gasteiger partial charge on any atom is 0.182 e. The van der Waals surface area contributed by atoms with Gasteiger partial charge in [0, 0.05) is 10.7 Å². The molecular weight excluding hydrogens is 270 g/mol. The van der Waals surface area contributed by atoms with Crippen LogP contribution >= 0.6 is 15.9 Å². The minimum atomic E-state index is -0.0526. The largest absolute Gasteiger partial charge is 0.472 e. The van der Waals surface area contributed by atoms with E-state index in [0.717, 1.165) is 10.9 Å². The molecule has 4 nitrogen and oxygen atoms in total. The predicted octanol–water partition coefficient (Wildman–Crippen LogP) is 2.39. The van der Waals surface area contributed by atoms with Gasteiger partial charge >= 0.3 is 0 Å². The molecule has 0 aliphatic carbocycles. The van der Waals surface area contributed by atoms with E-state index in [2.05, 4.69) is 20.9 Å². The summed E-state index contributed by atoms with van der Waals surface area (Å²) < 4.78 is 6.54. The fourth-order valence-electron chi connectivity index (χ4n) is 1.29. The van der Waals surface area contributed by atoms with Crippen molar-refractivity contribution in [1.29, 1.82) is 5.26 Å². The number of halogens is 1. The van der Waals surface area contributed by atoms with E-state index in [1.807, 2.05) is 32.0 Å². The van der Waals surface area contributed by atoms with E-state index in [1.165, 1.54) is 0 Å². The first-order chi connectivity index (χ1) is 7.58. The van der Waals surface area contributed by atoms with Crippen LogP contribution in [0.1, 0.15) is 19.0 Å². The lowest BCUT2D eigenvalue weighted by Gasteiger charge is -2.24. The molecule has 16 heavy (non-hydrogen) atoms. The van der Waals surface area contributed by atoms with Crippen LogP contribution in [0.4, 0.5) is 0 Å². The Balaban J connectivity index is 2.95. The molecule has 1 aromatic rings. The van der Waals surface area contributed by atoms with Crippen LogP contribution in [0.5, 0.6) is 5.75 Å². The van der Waals surface area contributed by atoms with E-state index in [1.54, 1.807) is 12.3 Å². The molecule has 1 atom stereocenters. The van der Waals surface area contributed by atoms with Crippen molar-refractivity contribution in [3.8, 4) is 11.8 Å². The van der Waals surface area contributed by atoms with Crippen LogP contribution in [0.15, 0.2) is 16.7 Å². The molecule has 86 valence electrons. The molecule has 0 saturated heterocycles. The zero-order chi connectivity index (χ0) is 12.1. The van der Waals surface area contributed by atoms with Crippen molar-refractivity contribution < 1.29 is 4.74 Å². The minimum absolute atomic E-state index is 0.0526. The van der Waals surface area contributed by atoms with Crippen LogP contribution in [0.2, 0.25) is 0 Å². The third-order valence-electron chi connectivity index (χ3n) is 2.11. The smallest absolute Gasteiger partial charge is 0.182 e. The van der Waals surface area contributed by atoms with E-state index >= 15 is 0 Å². The summed E-state index contributed by atoms with van der Waals surface area (Å²) in [6.07, 6.45) is 2.37. The zero-order valence-corrected chi connectivity index (χ0v) is 11.2. The molecule has 0 radical (unpaired) electrons. The molecule has 1 rings (SSSR count). The van der Waals surface area contributed by atoms with E-state index < -0.39 is 0 Å². The highest BCUT2D eigenvalue weighted by Crippen LogP contribution is 2.22. The number of nitriles is 1. The molecule has 0 unspecified atom stereocenters. The van der Waals surface area contributed by atoms with Crippen LogP contribution in [-0.4, -0.2) is 30.2 Å². The van der Waals surface area contributed by atoms with Gasteiger partial charge in [-0.1, -0.05) is 6.92 Å². The molecule has 0 spiro atoms. The van der Waals surface area contributed by atoms with Gasteiger partial charge in [-0.2, -0.15) is 5.26 Å². The molecule has 1 aromatic heterocycles. The highest BCUT2D eigenvalue weighted by atomic mass is 79.9. The predicted molar refractivity (Wildman–Crippen MR) is 65.0 cm³/mol. The Hall–Kier alpha value is -1.12. The fourth-order valence-corrected chi connectivity index (χ4v) is 1.61. The quantitative estimate of drug-likeness (QED) is 0.797. The van der Waals surface area contributed by atoms with E-state index in [9.17, 15) is 0 Å². The molecule has 0 aliphatic heterocycles. The molecule has 0 aromatic carbocycles. The lowest BCUT2D eigenvalue weighted by Crippen LogP contribution is -2.32. The first-order valence-corrected chi connectivity index (χ1v) is 5.76. The number of rotatable bonds is 4. The number of ether oxygens (including phenoxy) is 1. The van der Waals surface area contributed by atoms with Gasteiger partial charge in [0.2, 0.25) is 0 Å². The van der Waals surface area contributed by atoms with Crippen molar-refractivity contribution >= 4 is 15.9 Å². The van der Waals surface area contributed by atoms with E-state index in [-0.39, 0.29) is 6.23 Å². The van der Waals surface area contributed by atoms with Gasteiger partial charge in [0.25, 0.3) is 0 Å². The van der Waals surface area contributed by atoms with Gasteiger partial charge < -0.3 is 4.74 Å². The van der Waals surface area contributed by atoms with Gasteiger partial charge in [0.1, 0.15) is 6.07 Å². The van der Waals surface area contributed by atoms with E-state index in [4.69, 9.17) is 10.00 Å². The van der Waals surface area contributed by atoms with Crippen LogP contribution < -0.4 is 4.74 Å². The molecule has 0 N–H and O–H groups in total. The number of hydrogen-bond donors (Lipinski definition) is 0. The Bertz CT molecular complexity index is 401. The first-order valence-electron chi connectivity index (χ1n) is 4.97. The summed E-state index contributed by atoms with van der Waals surface area (Å²) in [5.74, 6) is 0.512. The summed E-state index contributed by atoms with van der Waals surface area (Å²) in [6, 6.07) is 3.78. The minimum Gasteiger partial charge on any atom is -0.472 e. The van der Waals surface area contributed by atoms with Crippen molar-refractivity contribution in [3.05, 3.63) is 22.4 Å². The van der Waals surface area contributed by atoms with Gasteiger partial charge in [-0.25, -0.2) is 4.98 Å². The topological polar surface area (TPSA) is 49.1 Å². The second-order valence-corrected chi connectivity index (χ2v) is 4.47. The number of aromatic nitrogens is 1. The third-order valence-corrected chi connectivity index (χ3v) is 2.55. The molecule has 5 heteroatoms. The Morgan fingerprint density at radius 2 is 2.31 bits per heavy atom. The van der Waals surface area contributed by atoms with Gasteiger partial charge in [0.05, 0.1) is 0 Å². The maximum absolute atomic E-state index is 8.91. The molecule has 0 amide bonds. The second-order valence-electron chi connectivity index (χ2n) is 3.56. The van der Waals surface area contributed by atoms with Crippen molar-refractivity contribution in [2.45, 2.75) is 19.6 Å². The van der Waals surface area contributed by atoms with Crippen LogP contribution in [0, 0.1) is 11.3 Å². The summed E-state index contributed by atoms with van der Waals surface area (Å²) in [6.45, 7) is 2.03. The SMILES string of the molecule is CC[C@H](Oc1cc(Br)cnc1C#N)N(C)C. The Kier molecular flexibility index (Phi) is 4.71. The highest BCUT2D eigenvalue weighted by molar-refractivity contribution is 9.10. The third kappa shape index (κ3) is 3.19. The monoisotopic (exact) mass is 283 g/mol. The standard InChI is InChI=1S/C11H14BrN3O/c1-4-11(15(2)3)16-10-5-8(12)7-14-9(10)6-13/h5,7,11H,4H2,1-3H3/t11-/m0/s1. The summed E-state index contributed by atoms with van der Waals surface area (Å²) >= 11 is 3.31. The van der Waals surface area contributed by atoms with Crippen molar-refractivity contribution in [1.82, 2.24) is 9.88 Å². The molecular formula is C11H14BrN3O. The van der Waals surface area contributed by atoms with E-state index in [0.29, 0.717) is 11.4 Å². The highest BCUT2D eigenvalue weighted by Gasteiger charge is 2.14. The van der Waals surface area contributed by atoms with Gasteiger partial charge in [-0.3, -0.25) is 4.90 Å². The fraction of sp³-hybridized carbons (Fsp3) is 0.455. The average Bonchev–Trinajstić information content (AvgIpc) is 2.25. The summed E-state index contributed by atoms with van der Waals surface area (Å²) in [4.78, 5) is 5.95. The summed E-state index contributed by atoms with van der Waals surface area (Å²) in [5.41, 5.74) is 0.309. The van der Waals surface area contributed by atoms with Gasteiger partial charge in [-0.15, -0.1) is 0 Å².